The standard InChI is InChI=1S/C10H10FN3O/c1-7-10(6-15)12-13-14(7)9-4-2-3-8(11)5-9/h2-5,15H,6H2,1H3. The SMILES string of the molecule is Cc1c(CO)nnn1-c1cccc(F)c1. The molecule has 1 heterocycles. The monoisotopic (exact) mass is 207 g/mol. The summed E-state index contributed by atoms with van der Waals surface area (Å²) in [7, 11) is 0. The van der Waals surface area contributed by atoms with Crippen molar-refractivity contribution in [1.82, 2.24) is 15.0 Å². The molecule has 0 saturated heterocycles. The first-order valence-corrected chi connectivity index (χ1v) is 4.50. The average molecular weight is 207 g/mol. The van der Waals surface area contributed by atoms with Crippen LogP contribution in [-0.4, -0.2) is 20.1 Å². The van der Waals surface area contributed by atoms with Crippen LogP contribution < -0.4 is 0 Å². The van der Waals surface area contributed by atoms with Gasteiger partial charge in [0.2, 0.25) is 0 Å². The molecule has 4 nitrogen and oxygen atoms in total. The summed E-state index contributed by atoms with van der Waals surface area (Å²) in [5.74, 6) is -0.326. The maximum Gasteiger partial charge on any atom is 0.125 e. The molecule has 0 fully saturated rings. The molecule has 1 aromatic carbocycles. The van der Waals surface area contributed by atoms with Crippen LogP contribution in [0.25, 0.3) is 5.69 Å². The van der Waals surface area contributed by atoms with E-state index in [4.69, 9.17) is 5.11 Å². The van der Waals surface area contributed by atoms with Gasteiger partial charge >= 0.3 is 0 Å². The summed E-state index contributed by atoms with van der Waals surface area (Å²) in [5, 5.41) is 16.6. The minimum Gasteiger partial charge on any atom is -0.390 e. The van der Waals surface area contributed by atoms with Crippen molar-refractivity contribution in [1.29, 1.82) is 0 Å². The van der Waals surface area contributed by atoms with E-state index >= 15 is 0 Å². The lowest BCUT2D eigenvalue weighted by Gasteiger charge is -2.02. The van der Waals surface area contributed by atoms with Gasteiger partial charge in [0.1, 0.15) is 11.5 Å². The zero-order valence-electron chi connectivity index (χ0n) is 8.18. The van der Waals surface area contributed by atoms with Gasteiger partial charge in [-0.05, 0) is 25.1 Å². The molecule has 2 rings (SSSR count). The van der Waals surface area contributed by atoms with E-state index in [1.807, 2.05) is 0 Å². The summed E-state index contributed by atoms with van der Waals surface area (Å²) in [6.07, 6.45) is 0. The Balaban J connectivity index is 2.49. The first-order valence-electron chi connectivity index (χ1n) is 4.50. The highest BCUT2D eigenvalue weighted by Gasteiger charge is 2.08. The molecule has 0 radical (unpaired) electrons. The van der Waals surface area contributed by atoms with Gasteiger partial charge in [-0.15, -0.1) is 5.10 Å². The van der Waals surface area contributed by atoms with Crippen molar-refractivity contribution in [2.75, 3.05) is 0 Å². The van der Waals surface area contributed by atoms with Crippen LogP contribution in [0.1, 0.15) is 11.4 Å². The Kier molecular flexibility index (Phi) is 2.47. The zero-order chi connectivity index (χ0) is 10.8. The van der Waals surface area contributed by atoms with E-state index < -0.39 is 0 Å². The fourth-order valence-electron chi connectivity index (χ4n) is 1.36. The molecule has 0 unspecified atom stereocenters. The highest BCUT2D eigenvalue weighted by Crippen LogP contribution is 2.12. The third-order valence-electron chi connectivity index (χ3n) is 2.19. The smallest absolute Gasteiger partial charge is 0.125 e. The molecule has 0 spiro atoms. The van der Waals surface area contributed by atoms with E-state index in [0.717, 1.165) is 0 Å². The van der Waals surface area contributed by atoms with Crippen LogP contribution in [-0.2, 0) is 6.61 Å². The number of halogens is 1. The quantitative estimate of drug-likeness (QED) is 0.805. The molecule has 0 amide bonds. The van der Waals surface area contributed by atoms with Crippen LogP contribution in [0.4, 0.5) is 4.39 Å². The first kappa shape index (κ1) is 9.79. The minimum absolute atomic E-state index is 0.166. The van der Waals surface area contributed by atoms with Crippen LogP contribution in [0.2, 0.25) is 0 Å². The van der Waals surface area contributed by atoms with E-state index in [1.54, 1.807) is 19.1 Å². The molecule has 0 atom stereocenters. The van der Waals surface area contributed by atoms with Gasteiger partial charge in [-0.1, -0.05) is 11.3 Å². The summed E-state index contributed by atoms with van der Waals surface area (Å²) >= 11 is 0. The van der Waals surface area contributed by atoms with E-state index in [0.29, 0.717) is 17.1 Å². The number of aliphatic hydroxyl groups excluding tert-OH is 1. The largest absolute Gasteiger partial charge is 0.390 e. The van der Waals surface area contributed by atoms with Crippen LogP contribution in [0.5, 0.6) is 0 Å². The van der Waals surface area contributed by atoms with Crippen LogP contribution >= 0.6 is 0 Å². The van der Waals surface area contributed by atoms with E-state index in [1.165, 1.54) is 16.8 Å². The van der Waals surface area contributed by atoms with Gasteiger partial charge in [-0.3, -0.25) is 0 Å². The van der Waals surface area contributed by atoms with Crippen molar-refractivity contribution in [3.8, 4) is 5.69 Å². The normalized spacial score (nSPS) is 10.6. The van der Waals surface area contributed by atoms with Crippen molar-refractivity contribution in [3.63, 3.8) is 0 Å². The Bertz CT molecular complexity index is 481. The third-order valence-corrected chi connectivity index (χ3v) is 2.19. The van der Waals surface area contributed by atoms with Gasteiger partial charge in [0, 0.05) is 0 Å². The lowest BCUT2D eigenvalue weighted by atomic mass is 10.3. The summed E-state index contributed by atoms with van der Waals surface area (Å²) in [5.41, 5.74) is 1.81. The number of aliphatic hydroxyl groups is 1. The Morgan fingerprint density at radius 1 is 1.47 bits per heavy atom. The number of nitrogens with zero attached hydrogens (tertiary/aromatic N) is 3. The Morgan fingerprint density at radius 3 is 2.87 bits per heavy atom. The molecular formula is C10H10FN3O. The van der Waals surface area contributed by atoms with Crippen LogP contribution in [0.3, 0.4) is 0 Å². The van der Waals surface area contributed by atoms with Crippen molar-refractivity contribution in [2.24, 2.45) is 0 Å². The molecule has 0 bridgehead atoms. The minimum atomic E-state index is -0.326. The topological polar surface area (TPSA) is 50.9 Å². The second kappa shape index (κ2) is 3.78. The van der Waals surface area contributed by atoms with Gasteiger partial charge < -0.3 is 5.11 Å². The predicted octanol–water partition coefficient (Wildman–Crippen LogP) is 1.21. The number of hydrogen-bond donors (Lipinski definition) is 1. The van der Waals surface area contributed by atoms with Gasteiger partial charge in [0.25, 0.3) is 0 Å². The average Bonchev–Trinajstić information content (AvgIpc) is 2.59. The van der Waals surface area contributed by atoms with Gasteiger partial charge in [0.05, 0.1) is 18.0 Å². The number of hydrogen-bond acceptors (Lipinski definition) is 3. The van der Waals surface area contributed by atoms with Gasteiger partial charge in [-0.2, -0.15) is 0 Å². The summed E-state index contributed by atoms with van der Waals surface area (Å²) in [6, 6.07) is 6.06. The number of aromatic nitrogens is 3. The third kappa shape index (κ3) is 1.73. The fourth-order valence-corrected chi connectivity index (χ4v) is 1.36. The Labute approximate surface area is 86.0 Å². The van der Waals surface area contributed by atoms with Crippen LogP contribution in [0, 0.1) is 12.7 Å². The second-order valence-electron chi connectivity index (χ2n) is 3.17. The Hall–Kier alpha value is -1.75. The maximum absolute atomic E-state index is 13.0. The molecular weight excluding hydrogens is 197 g/mol. The summed E-state index contributed by atoms with van der Waals surface area (Å²) < 4.78 is 14.5. The molecule has 0 aliphatic rings. The lowest BCUT2D eigenvalue weighted by Crippen LogP contribution is -1.99. The van der Waals surface area contributed by atoms with Gasteiger partial charge in [-0.25, -0.2) is 9.07 Å². The predicted molar refractivity (Wildman–Crippen MR) is 52.0 cm³/mol. The first-order chi connectivity index (χ1) is 7.22. The zero-order valence-corrected chi connectivity index (χ0v) is 8.18. The van der Waals surface area contributed by atoms with E-state index in [-0.39, 0.29) is 12.4 Å². The van der Waals surface area contributed by atoms with Crippen molar-refractivity contribution >= 4 is 0 Å². The van der Waals surface area contributed by atoms with Crippen LogP contribution in [0.15, 0.2) is 24.3 Å². The number of benzene rings is 1. The summed E-state index contributed by atoms with van der Waals surface area (Å²) in [4.78, 5) is 0. The molecule has 1 aromatic heterocycles. The fraction of sp³-hybridized carbons (Fsp3) is 0.200. The summed E-state index contributed by atoms with van der Waals surface area (Å²) in [6.45, 7) is 1.61. The molecule has 5 heteroatoms. The van der Waals surface area contributed by atoms with Gasteiger partial charge in [0.15, 0.2) is 0 Å². The second-order valence-corrected chi connectivity index (χ2v) is 3.17. The van der Waals surface area contributed by atoms with E-state index in [2.05, 4.69) is 10.3 Å². The molecule has 15 heavy (non-hydrogen) atoms. The Morgan fingerprint density at radius 2 is 2.27 bits per heavy atom. The highest BCUT2D eigenvalue weighted by molar-refractivity contribution is 5.33. The van der Waals surface area contributed by atoms with Crippen molar-refractivity contribution in [3.05, 3.63) is 41.5 Å². The molecule has 0 aliphatic carbocycles. The van der Waals surface area contributed by atoms with E-state index in [9.17, 15) is 4.39 Å². The highest BCUT2D eigenvalue weighted by atomic mass is 19.1. The maximum atomic E-state index is 13.0. The molecule has 2 aromatic rings. The molecule has 0 aliphatic heterocycles. The van der Waals surface area contributed by atoms with Crippen molar-refractivity contribution < 1.29 is 9.50 Å². The van der Waals surface area contributed by atoms with Crippen molar-refractivity contribution in [2.45, 2.75) is 13.5 Å². The molecule has 0 saturated carbocycles. The number of rotatable bonds is 2. The molecule has 78 valence electrons. The lowest BCUT2D eigenvalue weighted by molar-refractivity contribution is 0.276. The molecule has 1 N–H and O–H groups in total.